The second kappa shape index (κ2) is 8.45. The van der Waals surface area contributed by atoms with Crippen molar-refractivity contribution in [3.63, 3.8) is 0 Å². The van der Waals surface area contributed by atoms with E-state index in [2.05, 4.69) is 31.4 Å². The van der Waals surface area contributed by atoms with E-state index in [1.807, 2.05) is 79.9 Å². The van der Waals surface area contributed by atoms with Crippen LogP contribution in [0.1, 0.15) is 18.5 Å². The predicted octanol–water partition coefficient (Wildman–Crippen LogP) is 4.85. The third-order valence-corrected chi connectivity index (χ3v) is 5.10. The predicted molar refractivity (Wildman–Crippen MR) is 114 cm³/mol. The fraction of sp³-hybridized carbons (Fsp3) is 0.136. The van der Waals surface area contributed by atoms with Crippen molar-refractivity contribution in [2.24, 2.45) is 0 Å². The molecule has 2 aromatic heterocycles. The van der Waals surface area contributed by atoms with Crippen molar-refractivity contribution in [1.82, 2.24) is 20.0 Å². The van der Waals surface area contributed by atoms with Gasteiger partial charge in [-0.05, 0) is 48.9 Å². The second-order valence-electron chi connectivity index (χ2n) is 6.65. The van der Waals surface area contributed by atoms with Gasteiger partial charge in [0.1, 0.15) is 12.2 Å². The van der Waals surface area contributed by atoms with Crippen molar-refractivity contribution in [2.75, 3.05) is 0 Å². The zero-order valence-corrected chi connectivity index (χ0v) is 17.3. The van der Waals surface area contributed by atoms with Gasteiger partial charge in [0.15, 0.2) is 0 Å². The molecule has 4 rings (SSSR count). The number of nitrogens with one attached hydrogen (secondary N) is 1. The van der Waals surface area contributed by atoms with Crippen molar-refractivity contribution in [2.45, 2.75) is 19.5 Å². The van der Waals surface area contributed by atoms with Crippen LogP contribution in [0.5, 0.6) is 0 Å². The Morgan fingerprint density at radius 2 is 1.86 bits per heavy atom. The lowest BCUT2D eigenvalue weighted by Gasteiger charge is -2.15. The van der Waals surface area contributed by atoms with Crippen LogP contribution in [0.25, 0.3) is 23.0 Å². The third-order valence-electron chi connectivity index (χ3n) is 4.57. The summed E-state index contributed by atoms with van der Waals surface area (Å²) in [4.78, 5) is 17.0. The largest absolute Gasteiger partial charge is 0.348 e. The number of nitrogens with zero attached hydrogens (tertiary/aromatic N) is 3. The van der Waals surface area contributed by atoms with E-state index < -0.39 is 0 Å². The second-order valence-corrected chi connectivity index (χ2v) is 7.57. The van der Waals surface area contributed by atoms with Crippen molar-refractivity contribution in [1.29, 1.82) is 0 Å². The normalized spacial score (nSPS) is 11.9. The summed E-state index contributed by atoms with van der Waals surface area (Å²) in [5.41, 5.74) is 2.61. The number of carbonyl (C=O) groups is 1. The number of benzene rings is 2. The summed E-state index contributed by atoms with van der Waals surface area (Å²) in [6.07, 6.45) is 1.82. The van der Waals surface area contributed by atoms with Crippen LogP contribution < -0.4 is 5.32 Å². The average Bonchev–Trinajstić information content (AvgIpc) is 3.38. The highest BCUT2D eigenvalue weighted by molar-refractivity contribution is 9.10. The van der Waals surface area contributed by atoms with Gasteiger partial charge in [0, 0.05) is 16.2 Å². The summed E-state index contributed by atoms with van der Waals surface area (Å²) in [5, 5.41) is 7.08. The highest BCUT2D eigenvalue weighted by atomic mass is 79.9. The third kappa shape index (κ3) is 4.46. The monoisotopic (exact) mass is 450 g/mol. The molecule has 0 saturated carbocycles. The molecule has 0 fully saturated rings. The molecule has 0 aliphatic heterocycles. The Hall–Kier alpha value is -3.19. The van der Waals surface area contributed by atoms with Crippen molar-refractivity contribution < 1.29 is 9.32 Å². The molecular formula is C22H19BrN4O2. The van der Waals surface area contributed by atoms with E-state index in [1.165, 1.54) is 0 Å². The lowest BCUT2D eigenvalue weighted by molar-refractivity contribution is -0.122. The highest BCUT2D eigenvalue weighted by Crippen LogP contribution is 2.24. The minimum atomic E-state index is -0.0912. The van der Waals surface area contributed by atoms with Crippen LogP contribution in [0.4, 0.5) is 0 Å². The summed E-state index contributed by atoms with van der Waals surface area (Å²) >= 11 is 3.41. The lowest BCUT2D eigenvalue weighted by atomic mass is 10.1. The molecule has 0 unspecified atom stereocenters. The number of amides is 1. The zero-order chi connectivity index (χ0) is 20.2. The Bertz CT molecular complexity index is 1100. The first-order valence-corrected chi connectivity index (χ1v) is 9.99. The Kier molecular flexibility index (Phi) is 5.57. The first kappa shape index (κ1) is 19.1. The van der Waals surface area contributed by atoms with Crippen LogP contribution >= 0.6 is 15.9 Å². The van der Waals surface area contributed by atoms with Gasteiger partial charge in [-0.25, -0.2) is 0 Å². The SMILES string of the molecule is C[C@H](NC(=O)Cn1cccc1-c1nc(-c2ccc(Br)cc2)no1)c1ccccc1. The summed E-state index contributed by atoms with van der Waals surface area (Å²) < 4.78 is 8.22. The van der Waals surface area contributed by atoms with Crippen LogP contribution in [0.15, 0.2) is 81.9 Å². The molecule has 29 heavy (non-hydrogen) atoms. The van der Waals surface area contributed by atoms with E-state index >= 15 is 0 Å². The molecule has 2 heterocycles. The number of halogens is 1. The van der Waals surface area contributed by atoms with Gasteiger partial charge in [-0.1, -0.05) is 51.4 Å². The first-order valence-electron chi connectivity index (χ1n) is 9.19. The van der Waals surface area contributed by atoms with Gasteiger partial charge in [-0.2, -0.15) is 4.98 Å². The Balaban J connectivity index is 1.47. The van der Waals surface area contributed by atoms with Gasteiger partial charge in [0.2, 0.25) is 11.7 Å². The molecule has 6 nitrogen and oxygen atoms in total. The lowest BCUT2D eigenvalue weighted by Crippen LogP contribution is -2.30. The molecule has 1 atom stereocenters. The summed E-state index contributed by atoms with van der Waals surface area (Å²) in [5.74, 6) is 0.783. The standard InChI is InChI=1S/C22H19BrN4O2/c1-15(16-6-3-2-4-7-16)24-20(28)14-27-13-5-8-19(27)22-25-21(26-29-22)17-9-11-18(23)12-10-17/h2-13,15H,14H2,1H3,(H,24,28)/t15-/m0/s1. The fourth-order valence-corrected chi connectivity index (χ4v) is 3.32. The van der Waals surface area contributed by atoms with Crippen molar-refractivity contribution in [3.8, 4) is 23.0 Å². The first-order chi connectivity index (χ1) is 14.1. The van der Waals surface area contributed by atoms with E-state index in [0.717, 1.165) is 15.6 Å². The molecule has 7 heteroatoms. The molecule has 2 aromatic carbocycles. The number of aromatic nitrogens is 3. The van der Waals surface area contributed by atoms with Crippen LogP contribution in [0.3, 0.4) is 0 Å². The molecule has 0 aliphatic carbocycles. The van der Waals surface area contributed by atoms with Gasteiger partial charge in [0.05, 0.1) is 6.04 Å². The van der Waals surface area contributed by atoms with Gasteiger partial charge in [-0.3, -0.25) is 4.79 Å². The molecule has 0 saturated heterocycles. The maximum absolute atomic E-state index is 12.5. The summed E-state index contributed by atoms with van der Waals surface area (Å²) in [6.45, 7) is 2.13. The Morgan fingerprint density at radius 1 is 1.10 bits per heavy atom. The van der Waals surface area contributed by atoms with Crippen LogP contribution in [0, 0.1) is 0 Å². The van der Waals surface area contributed by atoms with Gasteiger partial charge in [0.25, 0.3) is 5.89 Å². The summed E-state index contributed by atoms with van der Waals surface area (Å²) in [6, 6.07) is 21.2. The maximum atomic E-state index is 12.5. The Morgan fingerprint density at radius 3 is 2.62 bits per heavy atom. The molecule has 146 valence electrons. The number of hydrogen-bond donors (Lipinski definition) is 1. The molecule has 4 aromatic rings. The van der Waals surface area contributed by atoms with E-state index in [4.69, 9.17) is 4.52 Å². The van der Waals surface area contributed by atoms with Crippen molar-refractivity contribution >= 4 is 21.8 Å². The number of hydrogen-bond acceptors (Lipinski definition) is 4. The highest BCUT2D eigenvalue weighted by Gasteiger charge is 2.16. The smallest absolute Gasteiger partial charge is 0.274 e. The van der Waals surface area contributed by atoms with Crippen LogP contribution in [0.2, 0.25) is 0 Å². The van der Waals surface area contributed by atoms with E-state index in [-0.39, 0.29) is 18.5 Å². The molecule has 0 aliphatic rings. The Labute approximate surface area is 176 Å². The molecule has 0 bridgehead atoms. The molecule has 1 N–H and O–H groups in total. The minimum absolute atomic E-state index is 0.0740. The number of rotatable bonds is 6. The number of carbonyl (C=O) groups excluding carboxylic acids is 1. The van der Waals surface area contributed by atoms with Crippen LogP contribution in [-0.4, -0.2) is 20.6 Å². The van der Waals surface area contributed by atoms with Gasteiger partial charge >= 0.3 is 0 Å². The van der Waals surface area contributed by atoms with E-state index in [0.29, 0.717) is 17.4 Å². The topological polar surface area (TPSA) is 73.0 Å². The summed E-state index contributed by atoms with van der Waals surface area (Å²) in [7, 11) is 0. The molecule has 0 radical (unpaired) electrons. The molecular weight excluding hydrogens is 432 g/mol. The zero-order valence-electron chi connectivity index (χ0n) is 15.7. The quantitative estimate of drug-likeness (QED) is 0.455. The van der Waals surface area contributed by atoms with Crippen LogP contribution in [-0.2, 0) is 11.3 Å². The van der Waals surface area contributed by atoms with Crippen molar-refractivity contribution in [3.05, 3.63) is 83.0 Å². The van der Waals surface area contributed by atoms with Gasteiger partial charge < -0.3 is 14.4 Å². The van der Waals surface area contributed by atoms with E-state index in [9.17, 15) is 4.79 Å². The van der Waals surface area contributed by atoms with E-state index in [1.54, 1.807) is 4.57 Å². The minimum Gasteiger partial charge on any atom is -0.348 e. The molecule has 0 spiro atoms. The average molecular weight is 451 g/mol. The van der Waals surface area contributed by atoms with Gasteiger partial charge in [-0.15, -0.1) is 0 Å². The fourth-order valence-electron chi connectivity index (χ4n) is 3.06. The maximum Gasteiger partial charge on any atom is 0.274 e. The molecule has 1 amide bonds.